The first-order valence-corrected chi connectivity index (χ1v) is 9.02. The first-order chi connectivity index (χ1) is 13.6. The Kier molecular flexibility index (Phi) is 6.16. The summed E-state index contributed by atoms with van der Waals surface area (Å²) in [5.41, 5.74) is 6.71. The number of aromatic nitrogens is 1. The third-order valence-electron chi connectivity index (χ3n) is 4.35. The van der Waals surface area contributed by atoms with Gasteiger partial charge in [-0.15, -0.1) is 0 Å². The van der Waals surface area contributed by atoms with E-state index >= 15 is 0 Å². The van der Waals surface area contributed by atoms with Crippen molar-refractivity contribution in [1.29, 1.82) is 0 Å². The Bertz CT molecular complexity index is 981. The van der Waals surface area contributed by atoms with Crippen LogP contribution in [0.15, 0.2) is 54.7 Å². The van der Waals surface area contributed by atoms with Crippen molar-refractivity contribution >= 4 is 22.7 Å². The number of rotatable bonds is 7. The van der Waals surface area contributed by atoms with E-state index in [1.54, 1.807) is 11.7 Å². The minimum Gasteiger partial charge on any atom is -0.497 e. The van der Waals surface area contributed by atoms with Gasteiger partial charge < -0.3 is 14.0 Å². The number of hydrogen-bond donors (Lipinski definition) is 2. The molecule has 0 aliphatic rings. The number of para-hydroxylation sites is 1. The highest BCUT2D eigenvalue weighted by atomic mass is 16.5. The van der Waals surface area contributed by atoms with Crippen LogP contribution in [0.1, 0.15) is 12.5 Å². The number of benzene rings is 2. The van der Waals surface area contributed by atoms with Crippen LogP contribution < -0.4 is 20.3 Å². The second-order valence-corrected chi connectivity index (χ2v) is 6.21. The Hall–Kier alpha value is -3.48. The highest BCUT2D eigenvalue weighted by molar-refractivity contribution is 5.86. The summed E-state index contributed by atoms with van der Waals surface area (Å²) in [5, 5.41) is 0.971. The molecule has 28 heavy (non-hydrogen) atoms. The van der Waals surface area contributed by atoms with Crippen LogP contribution in [0.2, 0.25) is 0 Å². The maximum Gasteiger partial charge on any atom is 0.276 e. The van der Waals surface area contributed by atoms with E-state index in [0.717, 1.165) is 28.6 Å². The number of hydrazine groups is 1. The number of carbonyl (C=O) groups is 2. The molecule has 0 bridgehead atoms. The largest absolute Gasteiger partial charge is 0.497 e. The van der Waals surface area contributed by atoms with Crippen LogP contribution >= 0.6 is 0 Å². The van der Waals surface area contributed by atoms with Gasteiger partial charge >= 0.3 is 0 Å². The number of ether oxygens (including phenoxy) is 2. The lowest BCUT2D eigenvalue weighted by Crippen LogP contribution is -2.45. The standard InChI is InChI=1S/C21H23N3O4/c1-3-15-6-4-5-7-19(15)28-14-21(26)23-22-20(25)13-24-11-10-16-12-17(27-2)8-9-18(16)24/h4-12H,3,13-14H2,1-2H3,(H,22,25)(H,23,26). The molecule has 3 rings (SSSR count). The van der Waals surface area contributed by atoms with E-state index in [1.807, 2.05) is 61.7 Å². The minimum absolute atomic E-state index is 0.0790. The number of nitrogens with zero attached hydrogens (tertiary/aromatic N) is 1. The lowest BCUT2D eigenvalue weighted by Gasteiger charge is -2.11. The van der Waals surface area contributed by atoms with Crippen LogP contribution in [0, 0.1) is 0 Å². The fourth-order valence-electron chi connectivity index (χ4n) is 2.89. The average Bonchev–Trinajstić information content (AvgIpc) is 3.12. The van der Waals surface area contributed by atoms with Gasteiger partial charge in [0.1, 0.15) is 18.0 Å². The highest BCUT2D eigenvalue weighted by Crippen LogP contribution is 2.21. The van der Waals surface area contributed by atoms with Gasteiger partial charge in [0.2, 0.25) is 0 Å². The summed E-state index contributed by atoms with van der Waals surface area (Å²) in [4.78, 5) is 24.1. The van der Waals surface area contributed by atoms with Gasteiger partial charge in [0.15, 0.2) is 6.61 Å². The molecule has 7 heteroatoms. The average molecular weight is 381 g/mol. The topological polar surface area (TPSA) is 81.6 Å². The normalized spacial score (nSPS) is 10.5. The van der Waals surface area contributed by atoms with Crippen molar-refractivity contribution in [2.75, 3.05) is 13.7 Å². The lowest BCUT2D eigenvalue weighted by atomic mass is 10.1. The Morgan fingerprint density at radius 1 is 1.04 bits per heavy atom. The number of fused-ring (bicyclic) bond motifs is 1. The molecule has 0 aliphatic heterocycles. The predicted molar refractivity (Wildman–Crippen MR) is 106 cm³/mol. The third-order valence-corrected chi connectivity index (χ3v) is 4.35. The second kappa shape index (κ2) is 8.94. The van der Waals surface area contributed by atoms with E-state index in [-0.39, 0.29) is 19.1 Å². The first kappa shape index (κ1) is 19.3. The van der Waals surface area contributed by atoms with E-state index < -0.39 is 5.91 Å². The number of carbonyl (C=O) groups excluding carboxylic acids is 2. The highest BCUT2D eigenvalue weighted by Gasteiger charge is 2.10. The molecule has 2 aromatic carbocycles. The summed E-state index contributed by atoms with van der Waals surface area (Å²) in [6.45, 7) is 1.92. The van der Waals surface area contributed by atoms with Crippen LogP contribution in [-0.2, 0) is 22.6 Å². The van der Waals surface area contributed by atoms with Crippen molar-refractivity contribution in [1.82, 2.24) is 15.4 Å². The fraction of sp³-hybridized carbons (Fsp3) is 0.238. The Labute approximate surface area is 163 Å². The van der Waals surface area contributed by atoms with Crippen molar-refractivity contribution in [2.24, 2.45) is 0 Å². The van der Waals surface area contributed by atoms with Gasteiger partial charge in [-0.1, -0.05) is 25.1 Å². The van der Waals surface area contributed by atoms with Gasteiger partial charge in [-0.3, -0.25) is 20.4 Å². The van der Waals surface area contributed by atoms with Crippen LogP contribution in [-0.4, -0.2) is 30.1 Å². The van der Waals surface area contributed by atoms with E-state index in [4.69, 9.17) is 9.47 Å². The molecule has 0 saturated heterocycles. The smallest absolute Gasteiger partial charge is 0.276 e. The lowest BCUT2D eigenvalue weighted by molar-refractivity contribution is -0.130. The summed E-state index contributed by atoms with van der Waals surface area (Å²) in [6, 6.07) is 15.1. The summed E-state index contributed by atoms with van der Waals surface area (Å²) in [7, 11) is 1.61. The number of amides is 2. The Morgan fingerprint density at radius 2 is 1.82 bits per heavy atom. The Morgan fingerprint density at radius 3 is 2.61 bits per heavy atom. The molecule has 0 aliphatic carbocycles. The van der Waals surface area contributed by atoms with E-state index in [9.17, 15) is 9.59 Å². The molecule has 146 valence electrons. The van der Waals surface area contributed by atoms with Gasteiger partial charge in [0.25, 0.3) is 11.8 Å². The first-order valence-electron chi connectivity index (χ1n) is 9.02. The van der Waals surface area contributed by atoms with Crippen molar-refractivity contribution < 1.29 is 19.1 Å². The number of methoxy groups -OCH3 is 1. The zero-order valence-electron chi connectivity index (χ0n) is 15.9. The predicted octanol–water partition coefficient (Wildman–Crippen LogP) is 2.44. The van der Waals surface area contributed by atoms with Crippen molar-refractivity contribution in [3.8, 4) is 11.5 Å². The van der Waals surface area contributed by atoms with Crippen LogP contribution in [0.5, 0.6) is 11.5 Å². The van der Waals surface area contributed by atoms with E-state index in [1.165, 1.54) is 0 Å². The van der Waals surface area contributed by atoms with E-state index in [2.05, 4.69) is 10.9 Å². The maximum absolute atomic E-state index is 12.1. The van der Waals surface area contributed by atoms with Crippen LogP contribution in [0.25, 0.3) is 10.9 Å². The van der Waals surface area contributed by atoms with Crippen molar-refractivity contribution in [3.05, 3.63) is 60.3 Å². The van der Waals surface area contributed by atoms with Crippen molar-refractivity contribution in [2.45, 2.75) is 19.9 Å². The molecule has 0 unspecified atom stereocenters. The summed E-state index contributed by atoms with van der Waals surface area (Å²) < 4.78 is 12.5. The third kappa shape index (κ3) is 4.62. The second-order valence-electron chi connectivity index (χ2n) is 6.21. The number of nitrogens with one attached hydrogen (secondary N) is 2. The zero-order valence-corrected chi connectivity index (χ0v) is 15.9. The Balaban J connectivity index is 1.49. The molecule has 0 fully saturated rings. The summed E-state index contributed by atoms with van der Waals surface area (Å²) in [6.07, 6.45) is 2.63. The quantitative estimate of drug-likeness (QED) is 0.616. The monoisotopic (exact) mass is 381 g/mol. The van der Waals surface area contributed by atoms with Crippen molar-refractivity contribution in [3.63, 3.8) is 0 Å². The number of aryl methyl sites for hydroxylation is 1. The SMILES string of the molecule is CCc1ccccc1OCC(=O)NNC(=O)Cn1ccc2cc(OC)ccc21. The zero-order chi connectivity index (χ0) is 19.9. The van der Waals surface area contributed by atoms with Gasteiger partial charge in [-0.2, -0.15) is 0 Å². The van der Waals surface area contributed by atoms with Crippen LogP contribution in [0.3, 0.4) is 0 Å². The minimum atomic E-state index is -0.429. The summed E-state index contributed by atoms with van der Waals surface area (Å²) >= 11 is 0. The van der Waals surface area contributed by atoms with Crippen LogP contribution in [0.4, 0.5) is 0 Å². The van der Waals surface area contributed by atoms with Gasteiger partial charge in [-0.25, -0.2) is 0 Å². The molecule has 7 nitrogen and oxygen atoms in total. The molecule has 0 spiro atoms. The van der Waals surface area contributed by atoms with Gasteiger partial charge in [0.05, 0.1) is 7.11 Å². The maximum atomic E-state index is 12.1. The molecular weight excluding hydrogens is 358 g/mol. The molecule has 1 aromatic heterocycles. The fourth-order valence-corrected chi connectivity index (χ4v) is 2.89. The molecule has 3 aromatic rings. The molecule has 0 atom stereocenters. The molecular formula is C21H23N3O4. The molecule has 1 heterocycles. The molecule has 2 amide bonds. The van der Waals surface area contributed by atoms with Gasteiger partial charge in [0, 0.05) is 17.1 Å². The molecule has 0 saturated carbocycles. The summed E-state index contributed by atoms with van der Waals surface area (Å²) in [5.74, 6) is 0.657. The number of hydrogen-bond acceptors (Lipinski definition) is 4. The van der Waals surface area contributed by atoms with Gasteiger partial charge in [-0.05, 0) is 42.3 Å². The molecule has 0 radical (unpaired) electrons. The van der Waals surface area contributed by atoms with E-state index in [0.29, 0.717) is 5.75 Å². The molecule has 2 N–H and O–H groups in total.